The minimum Gasteiger partial charge on any atom is -0.461 e. The van der Waals surface area contributed by atoms with Gasteiger partial charge in [0.05, 0.1) is 0 Å². The third-order valence-corrected chi connectivity index (χ3v) is 4.18. The number of amides is 1. The van der Waals surface area contributed by atoms with Crippen LogP contribution in [0, 0.1) is 19.7 Å². The molecule has 25 heavy (non-hydrogen) atoms. The average molecular weight is 337 g/mol. The minimum absolute atomic E-state index is 0.129. The summed E-state index contributed by atoms with van der Waals surface area (Å²) < 4.78 is 18.7. The lowest BCUT2D eigenvalue weighted by Crippen LogP contribution is -2.12. The van der Waals surface area contributed by atoms with Crippen molar-refractivity contribution in [2.24, 2.45) is 0 Å². The highest BCUT2D eigenvalue weighted by Gasteiger charge is 2.09. The Kier molecular flexibility index (Phi) is 4.98. The highest BCUT2D eigenvalue weighted by Crippen LogP contribution is 2.25. The first-order valence-electron chi connectivity index (χ1n) is 8.23. The maximum absolute atomic E-state index is 12.9. The monoisotopic (exact) mass is 337 g/mol. The zero-order valence-electron chi connectivity index (χ0n) is 14.3. The number of benzene rings is 2. The molecule has 1 heterocycles. The molecule has 1 aromatic heterocycles. The molecule has 0 fully saturated rings. The van der Waals surface area contributed by atoms with Crippen LogP contribution in [0.25, 0.3) is 11.3 Å². The summed E-state index contributed by atoms with van der Waals surface area (Å²) in [5.41, 5.74) is 4.08. The minimum atomic E-state index is -0.326. The molecule has 2 aromatic carbocycles. The van der Waals surface area contributed by atoms with Crippen LogP contribution < -0.4 is 5.32 Å². The Morgan fingerprint density at radius 1 is 1.00 bits per heavy atom. The number of aryl methyl sites for hydroxylation is 3. The van der Waals surface area contributed by atoms with Gasteiger partial charge in [0, 0.05) is 24.1 Å². The lowest BCUT2D eigenvalue weighted by atomic mass is 10.1. The van der Waals surface area contributed by atoms with E-state index in [2.05, 4.69) is 31.3 Å². The highest BCUT2D eigenvalue weighted by atomic mass is 19.1. The molecular weight excluding hydrogens is 317 g/mol. The van der Waals surface area contributed by atoms with Crippen molar-refractivity contribution in [3.63, 3.8) is 0 Å². The number of rotatable bonds is 5. The van der Waals surface area contributed by atoms with E-state index in [-0.39, 0.29) is 11.7 Å². The van der Waals surface area contributed by atoms with Gasteiger partial charge in [-0.2, -0.15) is 0 Å². The fourth-order valence-electron chi connectivity index (χ4n) is 2.56. The molecule has 0 spiro atoms. The highest BCUT2D eigenvalue weighted by molar-refractivity contribution is 5.90. The number of halogens is 1. The molecular formula is C21H20FNO2. The summed E-state index contributed by atoms with van der Waals surface area (Å²) in [5.74, 6) is 1.11. The van der Waals surface area contributed by atoms with E-state index in [0.29, 0.717) is 18.5 Å². The number of anilines is 1. The van der Waals surface area contributed by atoms with Crippen molar-refractivity contribution in [3.05, 3.63) is 77.3 Å². The van der Waals surface area contributed by atoms with E-state index in [1.54, 1.807) is 0 Å². The van der Waals surface area contributed by atoms with E-state index in [1.807, 2.05) is 18.2 Å². The van der Waals surface area contributed by atoms with Gasteiger partial charge in [-0.05, 0) is 67.4 Å². The normalized spacial score (nSPS) is 10.7. The summed E-state index contributed by atoms with van der Waals surface area (Å²) >= 11 is 0. The fraction of sp³-hybridized carbons (Fsp3) is 0.190. The molecule has 0 bridgehead atoms. The Hall–Kier alpha value is -2.88. The molecule has 0 unspecified atom stereocenters. The third-order valence-electron chi connectivity index (χ3n) is 4.18. The maximum atomic E-state index is 12.9. The summed E-state index contributed by atoms with van der Waals surface area (Å²) in [4.78, 5) is 12.0. The summed E-state index contributed by atoms with van der Waals surface area (Å²) in [5, 5.41) is 2.74. The largest absolute Gasteiger partial charge is 0.461 e. The lowest BCUT2D eigenvalue weighted by molar-refractivity contribution is -0.116. The Morgan fingerprint density at radius 2 is 1.76 bits per heavy atom. The van der Waals surface area contributed by atoms with Crippen LogP contribution in [0.2, 0.25) is 0 Å². The van der Waals surface area contributed by atoms with E-state index in [4.69, 9.17) is 4.42 Å². The van der Waals surface area contributed by atoms with Crippen LogP contribution in [0.3, 0.4) is 0 Å². The van der Waals surface area contributed by atoms with Gasteiger partial charge in [-0.25, -0.2) is 4.39 Å². The molecule has 4 heteroatoms. The Balaban J connectivity index is 1.58. The average Bonchev–Trinajstić information content (AvgIpc) is 3.07. The first-order valence-corrected chi connectivity index (χ1v) is 8.23. The molecule has 1 amide bonds. The molecule has 0 saturated carbocycles. The van der Waals surface area contributed by atoms with E-state index in [1.165, 1.54) is 35.4 Å². The van der Waals surface area contributed by atoms with Gasteiger partial charge >= 0.3 is 0 Å². The van der Waals surface area contributed by atoms with Crippen molar-refractivity contribution >= 4 is 11.6 Å². The predicted octanol–water partition coefficient (Wildman–Crippen LogP) is 5.27. The molecule has 0 atom stereocenters. The molecule has 0 aliphatic heterocycles. The van der Waals surface area contributed by atoms with Crippen molar-refractivity contribution in [2.45, 2.75) is 26.7 Å². The van der Waals surface area contributed by atoms with Gasteiger partial charge in [0.1, 0.15) is 17.3 Å². The van der Waals surface area contributed by atoms with Crippen LogP contribution >= 0.6 is 0 Å². The maximum Gasteiger partial charge on any atom is 0.224 e. The van der Waals surface area contributed by atoms with Crippen molar-refractivity contribution in [1.29, 1.82) is 0 Å². The van der Waals surface area contributed by atoms with Crippen molar-refractivity contribution in [1.82, 2.24) is 0 Å². The van der Waals surface area contributed by atoms with E-state index < -0.39 is 0 Å². The van der Waals surface area contributed by atoms with Gasteiger partial charge in [0.25, 0.3) is 0 Å². The molecule has 0 aliphatic rings. The first kappa shape index (κ1) is 17.0. The lowest BCUT2D eigenvalue weighted by Gasteiger charge is -2.04. The quantitative estimate of drug-likeness (QED) is 0.689. The molecule has 0 aliphatic carbocycles. The second kappa shape index (κ2) is 7.34. The van der Waals surface area contributed by atoms with Crippen molar-refractivity contribution in [2.75, 3.05) is 5.32 Å². The van der Waals surface area contributed by atoms with Gasteiger partial charge in [-0.3, -0.25) is 4.79 Å². The van der Waals surface area contributed by atoms with E-state index >= 15 is 0 Å². The predicted molar refractivity (Wildman–Crippen MR) is 97.0 cm³/mol. The number of furan rings is 1. The Morgan fingerprint density at radius 3 is 2.48 bits per heavy atom. The number of nitrogens with one attached hydrogen (secondary N) is 1. The Bertz CT molecular complexity index is 881. The van der Waals surface area contributed by atoms with Crippen molar-refractivity contribution in [3.8, 4) is 11.3 Å². The second-order valence-corrected chi connectivity index (χ2v) is 6.12. The van der Waals surface area contributed by atoms with Crippen LogP contribution in [-0.2, 0) is 11.2 Å². The van der Waals surface area contributed by atoms with Gasteiger partial charge in [-0.1, -0.05) is 12.1 Å². The molecule has 3 nitrogen and oxygen atoms in total. The number of hydrogen-bond acceptors (Lipinski definition) is 2. The molecule has 3 aromatic rings. The van der Waals surface area contributed by atoms with Crippen LogP contribution in [-0.4, -0.2) is 5.91 Å². The zero-order chi connectivity index (χ0) is 17.8. The number of carbonyl (C=O) groups is 1. The summed E-state index contributed by atoms with van der Waals surface area (Å²) in [6.07, 6.45) is 0.815. The molecule has 3 rings (SSSR count). The summed E-state index contributed by atoms with van der Waals surface area (Å²) in [6, 6.07) is 15.7. The van der Waals surface area contributed by atoms with Crippen LogP contribution in [0.5, 0.6) is 0 Å². The second-order valence-electron chi connectivity index (χ2n) is 6.12. The topological polar surface area (TPSA) is 42.2 Å². The van der Waals surface area contributed by atoms with Gasteiger partial charge in [0.15, 0.2) is 0 Å². The van der Waals surface area contributed by atoms with Gasteiger partial charge < -0.3 is 9.73 Å². The molecule has 128 valence electrons. The van der Waals surface area contributed by atoms with Crippen LogP contribution in [0.1, 0.15) is 23.3 Å². The smallest absolute Gasteiger partial charge is 0.224 e. The molecule has 0 saturated heterocycles. The molecule has 1 N–H and O–H groups in total. The fourth-order valence-corrected chi connectivity index (χ4v) is 2.56. The number of carbonyl (C=O) groups excluding carboxylic acids is 1. The first-order chi connectivity index (χ1) is 12.0. The van der Waals surface area contributed by atoms with E-state index in [9.17, 15) is 9.18 Å². The van der Waals surface area contributed by atoms with Crippen molar-refractivity contribution < 1.29 is 13.6 Å². The van der Waals surface area contributed by atoms with Crippen LogP contribution in [0.4, 0.5) is 10.1 Å². The summed E-state index contributed by atoms with van der Waals surface area (Å²) in [6.45, 7) is 4.15. The van der Waals surface area contributed by atoms with E-state index in [0.717, 1.165) is 17.1 Å². The van der Waals surface area contributed by atoms with Gasteiger partial charge in [0.2, 0.25) is 5.91 Å². The number of hydrogen-bond donors (Lipinski definition) is 1. The zero-order valence-corrected chi connectivity index (χ0v) is 14.3. The molecule has 0 radical (unpaired) electrons. The Labute approximate surface area is 146 Å². The van der Waals surface area contributed by atoms with Gasteiger partial charge in [-0.15, -0.1) is 0 Å². The SMILES string of the molecule is Cc1ccc(-c2ccc(CCC(=O)Nc3ccc(F)cc3)o2)cc1C. The standard InChI is InChI=1S/C21H20FNO2/c1-14-3-4-16(13-15(14)2)20-11-9-19(25-20)10-12-21(24)23-18-7-5-17(22)6-8-18/h3-9,11,13H,10,12H2,1-2H3,(H,23,24). The van der Waals surface area contributed by atoms with Crippen LogP contribution in [0.15, 0.2) is 59.0 Å². The summed E-state index contributed by atoms with van der Waals surface area (Å²) in [7, 11) is 0. The third kappa shape index (κ3) is 4.35.